The van der Waals surface area contributed by atoms with Crippen LogP contribution in [0.5, 0.6) is 0 Å². The molecule has 1 aromatic carbocycles. The number of hydrogen-bond donors (Lipinski definition) is 1. The Morgan fingerprint density at radius 3 is 3.06 bits per heavy atom. The summed E-state index contributed by atoms with van der Waals surface area (Å²) in [6.45, 7) is 4.49. The van der Waals surface area contributed by atoms with Gasteiger partial charge in [-0.1, -0.05) is 15.9 Å². The Labute approximate surface area is 115 Å². The van der Waals surface area contributed by atoms with Gasteiger partial charge in [0, 0.05) is 22.6 Å². The molecular weight excluding hydrogens is 301 g/mol. The van der Waals surface area contributed by atoms with Crippen LogP contribution in [0.3, 0.4) is 0 Å². The molecule has 0 amide bonds. The Balaban J connectivity index is 1.90. The zero-order valence-corrected chi connectivity index (χ0v) is 11.9. The summed E-state index contributed by atoms with van der Waals surface area (Å²) in [5, 5.41) is 3.27. The van der Waals surface area contributed by atoms with E-state index in [0.29, 0.717) is 31.9 Å². The molecule has 0 spiro atoms. The van der Waals surface area contributed by atoms with Gasteiger partial charge in [-0.2, -0.15) is 0 Å². The Hall–Kier alpha value is -0.490. The van der Waals surface area contributed by atoms with E-state index in [1.54, 1.807) is 12.1 Å². The Morgan fingerprint density at radius 2 is 2.33 bits per heavy atom. The first kappa shape index (κ1) is 13.9. The van der Waals surface area contributed by atoms with Crippen molar-refractivity contribution >= 4 is 15.9 Å². The molecule has 1 aliphatic heterocycles. The van der Waals surface area contributed by atoms with Crippen LogP contribution in [0.25, 0.3) is 0 Å². The standard InChI is InChI=1S/C13H17BrFNO2/c1-9(12-6-10(14)2-3-13(12)15)16-7-11-8-17-4-5-18-11/h2-3,6,9,11,16H,4-5,7-8H2,1H3. The summed E-state index contributed by atoms with van der Waals surface area (Å²) < 4.78 is 25.4. The molecule has 5 heteroatoms. The van der Waals surface area contributed by atoms with E-state index in [1.165, 1.54) is 6.07 Å². The molecule has 3 nitrogen and oxygen atoms in total. The summed E-state index contributed by atoms with van der Waals surface area (Å²) in [5.74, 6) is -0.195. The topological polar surface area (TPSA) is 30.5 Å². The van der Waals surface area contributed by atoms with Gasteiger partial charge in [-0.15, -0.1) is 0 Å². The maximum atomic E-state index is 13.7. The molecule has 0 aromatic heterocycles. The fraction of sp³-hybridized carbons (Fsp3) is 0.538. The molecule has 1 fully saturated rings. The lowest BCUT2D eigenvalue weighted by Crippen LogP contribution is -2.38. The summed E-state index contributed by atoms with van der Waals surface area (Å²) in [6.07, 6.45) is 0.0522. The minimum absolute atomic E-state index is 0.0522. The normalized spacial score (nSPS) is 21.8. The predicted molar refractivity (Wildman–Crippen MR) is 71.1 cm³/mol. The second-order valence-electron chi connectivity index (χ2n) is 4.36. The molecule has 2 unspecified atom stereocenters. The summed E-state index contributed by atoms with van der Waals surface area (Å²) in [6, 6.07) is 4.90. The zero-order chi connectivity index (χ0) is 13.0. The van der Waals surface area contributed by atoms with Gasteiger partial charge in [0.2, 0.25) is 0 Å². The third-order valence-corrected chi connectivity index (χ3v) is 3.45. The SMILES string of the molecule is CC(NCC1COCCO1)c1cc(Br)ccc1F. The van der Waals surface area contributed by atoms with Gasteiger partial charge in [0.25, 0.3) is 0 Å². The third-order valence-electron chi connectivity index (χ3n) is 2.96. The summed E-state index contributed by atoms with van der Waals surface area (Å²) >= 11 is 3.35. The minimum atomic E-state index is -0.195. The number of halogens is 2. The average molecular weight is 318 g/mol. The van der Waals surface area contributed by atoms with Gasteiger partial charge in [0.1, 0.15) is 5.82 Å². The molecule has 2 atom stereocenters. The smallest absolute Gasteiger partial charge is 0.128 e. The maximum Gasteiger partial charge on any atom is 0.128 e. The summed E-state index contributed by atoms with van der Waals surface area (Å²) in [7, 11) is 0. The molecule has 100 valence electrons. The van der Waals surface area contributed by atoms with Gasteiger partial charge in [-0.3, -0.25) is 0 Å². The van der Waals surface area contributed by atoms with Crippen LogP contribution in [0.2, 0.25) is 0 Å². The highest BCUT2D eigenvalue weighted by molar-refractivity contribution is 9.10. The molecule has 1 aromatic rings. The molecule has 1 saturated heterocycles. The van der Waals surface area contributed by atoms with Gasteiger partial charge in [0.05, 0.1) is 25.9 Å². The molecule has 0 radical (unpaired) electrons. The van der Waals surface area contributed by atoms with E-state index in [-0.39, 0.29) is 18.0 Å². The second-order valence-corrected chi connectivity index (χ2v) is 5.28. The number of nitrogens with one attached hydrogen (secondary N) is 1. The number of ether oxygens (including phenoxy) is 2. The van der Waals surface area contributed by atoms with E-state index >= 15 is 0 Å². The van der Waals surface area contributed by atoms with E-state index in [1.807, 2.05) is 6.92 Å². The molecule has 1 heterocycles. The summed E-state index contributed by atoms with van der Waals surface area (Å²) in [5.41, 5.74) is 0.654. The molecule has 18 heavy (non-hydrogen) atoms. The van der Waals surface area contributed by atoms with Crippen molar-refractivity contribution in [2.24, 2.45) is 0 Å². The zero-order valence-electron chi connectivity index (χ0n) is 10.3. The lowest BCUT2D eigenvalue weighted by atomic mass is 10.1. The van der Waals surface area contributed by atoms with E-state index < -0.39 is 0 Å². The molecule has 1 N–H and O–H groups in total. The van der Waals surface area contributed by atoms with Crippen molar-refractivity contribution in [3.8, 4) is 0 Å². The average Bonchev–Trinajstić information content (AvgIpc) is 2.40. The minimum Gasteiger partial charge on any atom is -0.376 e. The fourth-order valence-electron chi connectivity index (χ4n) is 1.92. The van der Waals surface area contributed by atoms with Crippen LogP contribution in [0, 0.1) is 5.82 Å². The predicted octanol–water partition coefficient (Wildman–Crippen LogP) is 2.65. The van der Waals surface area contributed by atoms with Crippen LogP contribution >= 0.6 is 15.9 Å². The first-order valence-corrected chi connectivity index (χ1v) is 6.84. The lowest BCUT2D eigenvalue weighted by molar-refractivity contribution is -0.0870. The highest BCUT2D eigenvalue weighted by Crippen LogP contribution is 2.21. The van der Waals surface area contributed by atoms with Crippen LogP contribution in [0.1, 0.15) is 18.5 Å². The Morgan fingerprint density at radius 1 is 1.50 bits per heavy atom. The largest absolute Gasteiger partial charge is 0.376 e. The number of benzene rings is 1. The van der Waals surface area contributed by atoms with Crippen molar-refractivity contribution in [2.45, 2.75) is 19.1 Å². The van der Waals surface area contributed by atoms with Crippen molar-refractivity contribution in [3.05, 3.63) is 34.1 Å². The lowest BCUT2D eigenvalue weighted by Gasteiger charge is -2.25. The molecule has 1 aliphatic rings. The monoisotopic (exact) mass is 317 g/mol. The van der Waals surface area contributed by atoms with E-state index in [9.17, 15) is 4.39 Å². The van der Waals surface area contributed by atoms with E-state index in [2.05, 4.69) is 21.2 Å². The molecular formula is C13H17BrFNO2. The quantitative estimate of drug-likeness (QED) is 0.926. The fourth-order valence-corrected chi connectivity index (χ4v) is 2.30. The Kier molecular flexibility index (Phi) is 5.12. The highest BCUT2D eigenvalue weighted by Gasteiger charge is 2.17. The van der Waals surface area contributed by atoms with Crippen molar-refractivity contribution in [1.82, 2.24) is 5.32 Å². The second kappa shape index (κ2) is 6.61. The third kappa shape index (κ3) is 3.75. The van der Waals surface area contributed by atoms with Crippen LogP contribution in [0.4, 0.5) is 4.39 Å². The van der Waals surface area contributed by atoms with Gasteiger partial charge in [-0.25, -0.2) is 4.39 Å². The van der Waals surface area contributed by atoms with E-state index in [4.69, 9.17) is 9.47 Å². The van der Waals surface area contributed by atoms with Crippen LogP contribution in [0.15, 0.2) is 22.7 Å². The number of rotatable bonds is 4. The van der Waals surface area contributed by atoms with Gasteiger partial charge in [0.15, 0.2) is 0 Å². The molecule has 2 rings (SSSR count). The molecule has 0 bridgehead atoms. The van der Waals surface area contributed by atoms with E-state index in [0.717, 1.165) is 4.47 Å². The van der Waals surface area contributed by atoms with Crippen molar-refractivity contribution in [1.29, 1.82) is 0 Å². The molecule has 0 saturated carbocycles. The number of hydrogen-bond acceptors (Lipinski definition) is 3. The van der Waals surface area contributed by atoms with Gasteiger partial charge < -0.3 is 14.8 Å². The van der Waals surface area contributed by atoms with Crippen molar-refractivity contribution in [2.75, 3.05) is 26.4 Å². The van der Waals surface area contributed by atoms with Crippen LogP contribution < -0.4 is 5.32 Å². The van der Waals surface area contributed by atoms with Crippen molar-refractivity contribution in [3.63, 3.8) is 0 Å². The van der Waals surface area contributed by atoms with Crippen LogP contribution in [-0.2, 0) is 9.47 Å². The first-order chi connectivity index (χ1) is 8.66. The molecule has 0 aliphatic carbocycles. The first-order valence-electron chi connectivity index (χ1n) is 6.04. The Bertz CT molecular complexity index is 397. The maximum absolute atomic E-state index is 13.7. The van der Waals surface area contributed by atoms with Gasteiger partial charge in [-0.05, 0) is 25.1 Å². The van der Waals surface area contributed by atoms with Gasteiger partial charge >= 0.3 is 0 Å². The van der Waals surface area contributed by atoms with Crippen LogP contribution in [-0.4, -0.2) is 32.5 Å². The highest BCUT2D eigenvalue weighted by atomic mass is 79.9. The summed E-state index contributed by atoms with van der Waals surface area (Å²) in [4.78, 5) is 0. The van der Waals surface area contributed by atoms with Crippen molar-refractivity contribution < 1.29 is 13.9 Å².